The van der Waals surface area contributed by atoms with E-state index in [1.54, 1.807) is 6.08 Å². The summed E-state index contributed by atoms with van der Waals surface area (Å²) in [6, 6.07) is 47.8. The van der Waals surface area contributed by atoms with Crippen molar-refractivity contribution in [2.75, 3.05) is 13.2 Å². The lowest BCUT2D eigenvalue weighted by Crippen LogP contribution is -2.66. The quantitative estimate of drug-likeness (QED) is 0.0787. The highest BCUT2D eigenvalue weighted by Crippen LogP contribution is 2.39. The minimum atomic E-state index is -1.99. The minimum absolute atomic E-state index is 0.117. The molecule has 288 valence electrons. The lowest BCUT2D eigenvalue weighted by molar-refractivity contribution is -0.351. The SMILES string of the molecule is O[C@@]1(C=C(CCOP)c2cccc(COP)c2)O[C@H](COCc2ccccc2)[C@@H](OCc2ccccc2)[C@H](OCc2ccccc2)[C@H]1OCc1ccccc1. The zero-order valence-corrected chi connectivity index (χ0v) is 33.2. The lowest BCUT2D eigenvalue weighted by atomic mass is 9.88. The highest BCUT2D eigenvalue weighted by Gasteiger charge is 2.55. The van der Waals surface area contributed by atoms with Crippen LogP contribution in [-0.4, -0.2) is 48.5 Å². The molecule has 0 spiro atoms. The highest BCUT2D eigenvalue weighted by atomic mass is 31.0. The summed E-state index contributed by atoms with van der Waals surface area (Å²) < 4.78 is 44.4. The van der Waals surface area contributed by atoms with Gasteiger partial charge in [-0.25, -0.2) is 0 Å². The zero-order chi connectivity index (χ0) is 38.1. The zero-order valence-electron chi connectivity index (χ0n) is 30.9. The van der Waals surface area contributed by atoms with E-state index in [9.17, 15) is 5.11 Å². The van der Waals surface area contributed by atoms with Crippen molar-refractivity contribution in [3.63, 3.8) is 0 Å². The van der Waals surface area contributed by atoms with Crippen LogP contribution in [0.4, 0.5) is 0 Å². The van der Waals surface area contributed by atoms with Crippen molar-refractivity contribution in [3.8, 4) is 0 Å². The molecule has 1 N–H and O–H groups in total. The third-order valence-electron chi connectivity index (χ3n) is 9.39. The number of ether oxygens (including phenoxy) is 5. The monoisotopic (exact) mass is 780 g/mol. The van der Waals surface area contributed by atoms with Gasteiger partial charge >= 0.3 is 0 Å². The normalized spacial score (nSPS) is 21.4. The average molecular weight is 781 g/mol. The van der Waals surface area contributed by atoms with E-state index in [4.69, 9.17) is 32.7 Å². The summed E-state index contributed by atoms with van der Waals surface area (Å²) in [6.07, 6.45) is -1.07. The molecule has 6 rings (SSSR count). The van der Waals surface area contributed by atoms with Crippen LogP contribution in [0.3, 0.4) is 0 Å². The second kappa shape index (κ2) is 21.6. The van der Waals surface area contributed by atoms with Gasteiger partial charge in [0.2, 0.25) is 5.79 Å². The van der Waals surface area contributed by atoms with E-state index < -0.39 is 30.2 Å². The Morgan fingerprint density at radius 1 is 0.582 bits per heavy atom. The van der Waals surface area contributed by atoms with Crippen LogP contribution >= 0.6 is 18.9 Å². The van der Waals surface area contributed by atoms with Crippen molar-refractivity contribution >= 4 is 24.5 Å². The maximum absolute atomic E-state index is 13.1. The molecule has 0 radical (unpaired) electrons. The van der Waals surface area contributed by atoms with Gasteiger partial charge < -0.3 is 37.8 Å². The molecule has 1 aliphatic rings. The summed E-state index contributed by atoms with van der Waals surface area (Å²) in [6.45, 7) is 2.00. The number of aliphatic hydroxyl groups is 1. The standard InChI is InChI=1S/C45H50O8P2/c46-45(27-40(24-25-51-54)39-23-13-22-38(26-39)32-52-55)44(50-31-37-20-11-4-12-21-37)43(49-30-36-18-9-3-10-19-36)42(48-29-35-16-7-2-8-17-35)41(53-45)33-47-28-34-14-5-1-6-15-34/h1-23,26-27,41-44,46H,24-25,28-33,54-55H2/t41-,42-,43+,44-,45+/m1/s1. The topological polar surface area (TPSA) is 84.8 Å². The molecule has 55 heavy (non-hydrogen) atoms. The number of hydrogen-bond acceptors (Lipinski definition) is 8. The van der Waals surface area contributed by atoms with Crippen LogP contribution in [0.15, 0.2) is 152 Å². The molecule has 0 bridgehead atoms. The Hall–Kier alpha value is -3.62. The maximum Gasteiger partial charge on any atom is 0.216 e. The molecule has 0 amide bonds. The molecule has 5 aromatic carbocycles. The first kappa shape index (κ1) is 41.0. The molecule has 2 unspecified atom stereocenters. The van der Waals surface area contributed by atoms with Crippen LogP contribution in [0.1, 0.15) is 39.8 Å². The Bertz CT molecular complexity index is 1870. The number of benzene rings is 5. The minimum Gasteiger partial charge on any atom is -0.374 e. The summed E-state index contributed by atoms with van der Waals surface area (Å²) in [5.74, 6) is -1.99. The van der Waals surface area contributed by atoms with Crippen LogP contribution in [0.25, 0.3) is 5.57 Å². The molecular weight excluding hydrogens is 730 g/mol. The fraction of sp³-hybridized carbons (Fsp3) is 0.289. The predicted octanol–water partition coefficient (Wildman–Crippen LogP) is 8.63. The second-order valence-electron chi connectivity index (χ2n) is 13.5. The Morgan fingerprint density at radius 2 is 1.09 bits per heavy atom. The molecule has 0 aliphatic carbocycles. The van der Waals surface area contributed by atoms with Gasteiger partial charge in [-0.1, -0.05) is 140 Å². The van der Waals surface area contributed by atoms with Gasteiger partial charge in [0.15, 0.2) is 0 Å². The Labute approximate surface area is 329 Å². The lowest BCUT2D eigenvalue weighted by Gasteiger charge is -2.49. The molecule has 0 saturated carbocycles. The average Bonchev–Trinajstić information content (AvgIpc) is 3.22. The van der Waals surface area contributed by atoms with E-state index >= 15 is 0 Å². The largest absolute Gasteiger partial charge is 0.374 e. The maximum atomic E-state index is 13.1. The van der Waals surface area contributed by atoms with Gasteiger partial charge in [-0.05, 0) is 57.5 Å². The van der Waals surface area contributed by atoms with Crippen LogP contribution in [0.2, 0.25) is 0 Å². The molecule has 8 nitrogen and oxygen atoms in total. The third-order valence-corrected chi connectivity index (χ3v) is 9.79. The van der Waals surface area contributed by atoms with Crippen molar-refractivity contribution in [2.45, 2.75) is 69.7 Å². The Balaban J connectivity index is 1.43. The van der Waals surface area contributed by atoms with Crippen LogP contribution in [-0.2, 0) is 65.8 Å². The van der Waals surface area contributed by atoms with E-state index in [0.717, 1.165) is 39.0 Å². The van der Waals surface area contributed by atoms with Crippen molar-refractivity contribution in [3.05, 3.63) is 185 Å². The first-order chi connectivity index (χ1) is 27.0. The number of rotatable bonds is 20. The first-order valence-electron chi connectivity index (χ1n) is 18.5. The smallest absolute Gasteiger partial charge is 0.216 e. The molecule has 7 atom stereocenters. The molecule has 10 heteroatoms. The van der Waals surface area contributed by atoms with Crippen LogP contribution < -0.4 is 0 Å². The second-order valence-corrected chi connectivity index (χ2v) is 14.1. The Kier molecular flexibility index (Phi) is 16.1. The molecular formula is C45H50O8P2. The van der Waals surface area contributed by atoms with Crippen molar-refractivity contribution in [2.24, 2.45) is 0 Å². The summed E-state index contributed by atoms with van der Waals surface area (Å²) in [7, 11) is 4.61. The summed E-state index contributed by atoms with van der Waals surface area (Å²) in [5.41, 5.74) is 6.59. The van der Waals surface area contributed by atoms with Gasteiger partial charge in [-0.3, -0.25) is 0 Å². The van der Waals surface area contributed by atoms with Crippen molar-refractivity contribution in [1.29, 1.82) is 0 Å². The summed E-state index contributed by atoms with van der Waals surface area (Å²) >= 11 is 0. The van der Waals surface area contributed by atoms with E-state index in [1.807, 2.05) is 146 Å². The highest BCUT2D eigenvalue weighted by molar-refractivity contribution is 7.10. The van der Waals surface area contributed by atoms with E-state index in [-0.39, 0.29) is 26.4 Å². The molecule has 1 heterocycles. The molecule has 5 aromatic rings. The van der Waals surface area contributed by atoms with Gasteiger partial charge in [-0.15, -0.1) is 0 Å². The fourth-order valence-corrected chi connectivity index (χ4v) is 6.99. The van der Waals surface area contributed by atoms with E-state index in [2.05, 4.69) is 18.9 Å². The molecule has 0 aromatic heterocycles. The van der Waals surface area contributed by atoms with Gasteiger partial charge in [0.1, 0.15) is 24.4 Å². The van der Waals surface area contributed by atoms with E-state index in [0.29, 0.717) is 26.2 Å². The Morgan fingerprint density at radius 3 is 1.64 bits per heavy atom. The van der Waals surface area contributed by atoms with Crippen LogP contribution in [0.5, 0.6) is 0 Å². The third kappa shape index (κ3) is 12.2. The van der Waals surface area contributed by atoms with Crippen LogP contribution in [0, 0.1) is 0 Å². The number of hydrogen-bond donors (Lipinski definition) is 1. The fourth-order valence-electron chi connectivity index (χ4n) is 6.68. The van der Waals surface area contributed by atoms with Gasteiger partial charge in [0, 0.05) is 18.9 Å². The van der Waals surface area contributed by atoms with E-state index in [1.165, 1.54) is 0 Å². The molecule has 1 fully saturated rings. The van der Waals surface area contributed by atoms with Gasteiger partial charge in [0.05, 0.1) is 46.2 Å². The molecule has 1 saturated heterocycles. The summed E-state index contributed by atoms with van der Waals surface area (Å²) in [4.78, 5) is 0. The van der Waals surface area contributed by atoms with Gasteiger partial charge in [-0.2, -0.15) is 0 Å². The predicted molar refractivity (Wildman–Crippen MR) is 220 cm³/mol. The van der Waals surface area contributed by atoms with Gasteiger partial charge in [0.25, 0.3) is 0 Å². The summed E-state index contributed by atoms with van der Waals surface area (Å²) in [5, 5.41) is 13.1. The molecule has 1 aliphatic heterocycles. The van der Waals surface area contributed by atoms with Crippen molar-refractivity contribution < 1.29 is 37.8 Å². The first-order valence-corrected chi connectivity index (χ1v) is 19.4. The van der Waals surface area contributed by atoms with Crippen molar-refractivity contribution in [1.82, 2.24) is 0 Å².